The van der Waals surface area contributed by atoms with E-state index in [9.17, 15) is 20.0 Å². The predicted octanol–water partition coefficient (Wildman–Crippen LogP) is 2.77. The Bertz CT molecular complexity index is 1520. The molecule has 0 aliphatic carbocycles. The van der Waals surface area contributed by atoms with Gasteiger partial charge < -0.3 is 19.7 Å². The maximum absolute atomic E-state index is 13.0. The van der Waals surface area contributed by atoms with E-state index in [1.165, 1.54) is 24.1 Å². The molecule has 0 saturated carbocycles. The van der Waals surface area contributed by atoms with Crippen molar-refractivity contribution in [3.05, 3.63) is 87.7 Å². The third-order valence-electron chi connectivity index (χ3n) is 6.28. The molecule has 0 radical (unpaired) electrons. The summed E-state index contributed by atoms with van der Waals surface area (Å²) in [5, 5.41) is 30.8. The quantitative estimate of drug-likeness (QED) is 0.301. The minimum absolute atomic E-state index is 0.244. The Morgan fingerprint density at radius 1 is 1.32 bits per heavy atom. The molecule has 0 saturated heterocycles. The summed E-state index contributed by atoms with van der Waals surface area (Å²) in [6, 6.07) is 9.42. The number of carbonyl (C=O) groups excluding carboxylic acids is 1. The lowest BCUT2D eigenvalue weighted by Crippen LogP contribution is -2.29. The minimum atomic E-state index is -0.795. The van der Waals surface area contributed by atoms with Gasteiger partial charge in [0.05, 0.1) is 24.0 Å². The minimum Gasteiger partial charge on any atom is -0.501 e. The highest BCUT2D eigenvalue weighted by Gasteiger charge is 2.31. The molecule has 12 nitrogen and oxygen atoms in total. The van der Waals surface area contributed by atoms with Crippen molar-refractivity contribution in [2.45, 2.75) is 31.7 Å². The molecule has 3 aromatic heterocycles. The van der Waals surface area contributed by atoms with Crippen LogP contribution in [0.2, 0.25) is 0 Å². The van der Waals surface area contributed by atoms with E-state index in [1.54, 1.807) is 30.1 Å². The zero-order chi connectivity index (χ0) is 27.2. The van der Waals surface area contributed by atoms with Gasteiger partial charge in [0.25, 0.3) is 11.5 Å². The number of nitrogens with zero attached hydrogens (tertiary/aromatic N) is 6. The Morgan fingerprint density at radius 2 is 2.11 bits per heavy atom. The van der Waals surface area contributed by atoms with Crippen molar-refractivity contribution in [1.29, 1.82) is 5.26 Å². The van der Waals surface area contributed by atoms with Gasteiger partial charge in [-0.1, -0.05) is 30.3 Å². The van der Waals surface area contributed by atoms with Gasteiger partial charge >= 0.3 is 0 Å². The van der Waals surface area contributed by atoms with Gasteiger partial charge in [-0.25, -0.2) is 4.98 Å². The van der Waals surface area contributed by atoms with Crippen LogP contribution in [0.15, 0.2) is 58.4 Å². The van der Waals surface area contributed by atoms with E-state index in [0.717, 1.165) is 17.5 Å². The number of aromatic nitrogens is 5. The fourth-order valence-electron chi connectivity index (χ4n) is 4.42. The first kappa shape index (κ1) is 26.3. The Balaban J connectivity index is 1.80. The Hall–Kier alpha value is -4.76. The zero-order valence-electron chi connectivity index (χ0n) is 21.2. The molecule has 4 rings (SSSR count). The summed E-state index contributed by atoms with van der Waals surface area (Å²) in [4.78, 5) is 30.3. The first-order chi connectivity index (χ1) is 18.3. The van der Waals surface area contributed by atoms with Crippen LogP contribution in [-0.2, 0) is 18.3 Å². The number of ether oxygens (including phenoxy) is 1. The average Bonchev–Trinajstić information content (AvgIpc) is 3.60. The van der Waals surface area contributed by atoms with E-state index in [0.29, 0.717) is 18.7 Å². The van der Waals surface area contributed by atoms with Crippen molar-refractivity contribution in [3.63, 3.8) is 0 Å². The van der Waals surface area contributed by atoms with Crippen molar-refractivity contribution < 1.29 is 19.2 Å². The van der Waals surface area contributed by atoms with Crippen molar-refractivity contribution in [2.75, 3.05) is 19.0 Å². The molecule has 12 heteroatoms. The molecule has 0 fully saturated rings. The molecule has 0 spiro atoms. The second kappa shape index (κ2) is 11.5. The van der Waals surface area contributed by atoms with E-state index in [4.69, 9.17) is 9.26 Å². The van der Waals surface area contributed by atoms with Crippen LogP contribution in [0, 0.1) is 11.3 Å². The van der Waals surface area contributed by atoms with Crippen molar-refractivity contribution in [2.24, 2.45) is 7.05 Å². The van der Waals surface area contributed by atoms with Gasteiger partial charge in [-0.15, -0.1) is 0 Å². The number of benzene rings is 1. The maximum Gasteiger partial charge on any atom is 0.296 e. The number of nitriles is 1. The molecule has 2 atom stereocenters. The third-order valence-corrected chi connectivity index (χ3v) is 6.28. The SMILES string of the molecule is COCCCn1cc([C@H](c2ccccc2C#N)[C@H](C)c2nc(C(=O)Nc3cnoc3)c(O)c(=O)n2C)cn1. The summed E-state index contributed by atoms with van der Waals surface area (Å²) >= 11 is 0. The van der Waals surface area contributed by atoms with E-state index in [1.807, 2.05) is 25.3 Å². The third kappa shape index (κ3) is 5.33. The first-order valence-electron chi connectivity index (χ1n) is 11.9. The van der Waals surface area contributed by atoms with Crippen molar-refractivity contribution in [3.8, 4) is 11.8 Å². The van der Waals surface area contributed by atoms with Crippen molar-refractivity contribution >= 4 is 11.6 Å². The molecule has 1 amide bonds. The highest BCUT2D eigenvalue weighted by atomic mass is 16.5. The molecule has 196 valence electrons. The highest BCUT2D eigenvalue weighted by Crippen LogP contribution is 2.39. The molecule has 2 N–H and O–H groups in total. The molecule has 38 heavy (non-hydrogen) atoms. The molecule has 0 unspecified atom stereocenters. The number of aromatic hydroxyl groups is 1. The zero-order valence-corrected chi connectivity index (χ0v) is 21.2. The summed E-state index contributed by atoms with van der Waals surface area (Å²) in [5.74, 6) is -2.29. The van der Waals surface area contributed by atoms with Crippen LogP contribution in [-0.4, -0.2) is 49.2 Å². The number of rotatable bonds is 10. The Morgan fingerprint density at radius 3 is 2.82 bits per heavy atom. The van der Waals surface area contributed by atoms with Gasteiger partial charge in [0.2, 0.25) is 5.75 Å². The van der Waals surface area contributed by atoms with Gasteiger partial charge in [-0.2, -0.15) is 10.4 Å². The fraction of sp³-hybridized carbons (Fsp3) is 0.308. The van der Waals surface area contributed by atoms with E-state index < -0.39 is 34.7 Å². The first-order valence-corrected chi connectivity index (χ1v) is 11.9. The molecular formula is C26H27N7O5. The molecule has 0 aliphatic rings. The Kier molecular flexibility index (Phi) is 7.98. The van der Waals surface area contributed by atoms with Crippen LogP contribution in [0.5, 0.6) is 5.75 Å². The average molecular weight is 518 g/mol. The summed E-state index contributed by atoms with van der Waals surface area (Å²) in [6.07, 6.45) is 6.87. The largest absolute Gasteiger partial charge is 0.501 e. The van der Waals surface area contributed by atoms with Gasteiger partial charge in [0, 0.05) is 45.3 Å². The van der Waals surface area contributed by atoms with Gasteiger partial charge in [-0.3, -0.25) is 18.8 Å². The van der Waals surface area contributed by atoms with Crippen LogP contribution in [0.25, 0.3) is 0 Å². The topological polar surface area (TPSA) is 161 Å². The Labute approximate surface area is 218 Å². The summed E-state index contributed by atoms with van der Waals surface area (Å²) in [5.41, 5.74) is 1.02. The van der Waals surface area contributed by atoms with Crippen LogP contribution < -0.4 is 10.9 Å². The van der Waals surface area contributed by atoms with E-state index in [2.05, 4.69) is 26.6 Å². The predicted molar refractivity (Wildman–Crippen MR) is 136 cm³/mol. The number of amides is 1. The van der Waals surface area contributed by atoms with Crippen LogP contribution in [0.4, 0.5) is 5.69 Å². The molecule has 4 aromatic rings. The fourth-order valence-corrected chi connectivity index (χ4v) is 4.42. The number of nitrogens with one attached hydrogen (secondary N) is 1. The second-order valence-corrected chi connectivity index (χ2v) is 8.75. The number of anilines is 1. The molecule has 3 heterocycles. The van der Waals surface area contributed by atoms with Crippen LogP contribution in [0.3, 0.4) is 0 Å². The molecule has 0 bridgehead atoms. The molecule has 1 aromatic carbocycles. The number of carbonyl (C=O) groups is 1. The highest BCUT2D eigenvalue weighted by molar-refractivity contribution is 6.04. The number of methoxy groups -OCH3 is 1. The number of hydrogen-bond acceptors (Lipinski definition) is 9. The lowest BCUT2D eigenvalue weighted by atomic mass is 9.80. The summed E-state index contributed by atoms with van der Waals surface area (Å²) < 4.78 is 12.9. The maximum atomic E-state index is 13.0. The normalized spacial score (nSPS) is 12.6. The van der Waals surface area contributed by atoms with Crippen molar-refractivity contribution in [1.82, 2.24) is 24.5 Å². The molecular weight excluding hydrogens is 490 g/mol. The standard InChI is InChI=1S/C26H27N7O5/c1-16(24-31-22(23(34)26(36)32(24)2)25(35)30-19-13-29-38-15-19)21(20-8-5-4-7-17(20)11-27)18-12-28-33(14-18)9-6-10-37-3/h4-5,7-8,12-16,21,34H,6,9-10H2,1-3H3,(H,30,35)/t16-,21+/m0/s1. The number of hydrogen-bond donors (Lipinski definition) is 2. The van der Waals surface area contributed by atoms with Gasteiger partial charge in [0.15, 0.2) is 5.69 Å². The summed E-state index contributed by atoms with van der Waals surface area (Å²) in [6.45, 7) is 3.07. The van der Waals surface area contributed by atoms with E-state index in [-0.39, 0.29) is 11.5 Å². The monoisotopic (exact) mass is 517 g/mol. The van der Waals surface area contributed by atoms with Crippen LogP contribution >= 0.6 is 0 Å². The summed E-state index contributed by atoms with van der Waals surface area (Å²) in [7, 11) is 3.12. The van der Waals surface area contributed by atoms with Gasteiger partial charge in [0.1, 0.15) is 17.8 Å². The second-order valence-electron chi connectivity index (χ2n) is 8.75. The number of aryl methyl sites for hydroxylation is 1. The smallest absolute Gasteiger partial charge is 0.296 e. The van der Waals surface area contributed by atoms with Crippen LogP contribution in [0.1, 0.15) is 58.2 Å². The van der Waals surface area contributed by atoms with E-state index >= 15 is 0 Å². The molecule has 0 aliphatic heterocycles. The lowest BCUT2D eigenvalue weighted by molar-refractivity contribution is 0.101. The van der Waals surface area contributed by atoms with Gasteiger partial charge in [-0.05, 0) is 23.6 Å². The lowest BCUT2D eigenvalue weighted by Gasteiger charge is -2.26.